The van der Waals surface area contributed by atoms with E-state index in [4.69, 9.17) is 0 Å². The van der Waals surface area contributed by atoms with Gasteiger partial charge in [-0.3, -0.25) is 0 Å². The van der Waals surface area contributed by atoms with Crippen molar-refractivity contribution in [2.45, 2.75) is 6.36 Å². The summed E-state index contributed by atoms with van der Waals surface area (Å²) in [4.78, 5) is 9.53. The van der Waals surface area contributed by atoms with Crippen LogP contribution in [0.25, 0.3) is 0 Å². The van der Waals surface area contributed by atoms with E-state index in [0.29, 0.717) is 0 Å². The van der Waals surface area contributed by atoms with Gasteiger partial charge in [-0.05, 0) is 6.08 Å². The van der Waals surface area contributed by atoms with Crippen LogP contribution in [-0.2, 0) is 9.09 Å². The van der Waals surface area contributed by atoms with E-state index >= 15 is 0 Å². The minimum absolute atomic E-state index is 0. The van der Waals surface area contributed by atoms with Crippen molar-refractivity contribution in [2.24, 2.45) is 0 Å². The van der Waals surface area contributed by atoms with Crippen LogP contribution in [-0.4, -0.2) is 6.36 Å². The molecule has 0 aliphatic carbocycles. The van der Waals surface area contributed by atoms with Crippen LogP contribution < -0.4 is 34.5 Å². The second-order valence-corrected chi connectivity index (χ2v) is 1.69. The van der Waals surface area contributed by atoms with Gasteiger partial charge in [-0.2, -0.15) is 0 Å². The topological polar surface area (TPSA) is 49.4 Å². The summed E-state index contributed by atoms with van der Waals surface area (Å²) in [6.07, 6.45) is -1.14. The van der Waals surface area contributed by atoms with Crippen LogP contribution in [0.4, 0.5) is 4.39 Å². The SMILES string of the molecule is C=CC(F)O[PH](=O)[O-].[Na+]. The van der Waals surface area contributed by atoms with Crippen molar-refractivity contribution in [1.29, 1.82) is 0 Å². The largest absolute Gasteiger partial charge is 1.00 e. The summed E-state index contributed by atoms with van der Waals surface area (Å²) < 4.78 is 24.8. The molecule has 0 radical (unpaired) electrons. The molecule has 2 atom stereocenters. The van der Waals surface area contributed by atoms with Gasteiger partial charge in [-0.25, -0.2) is 4.39 Å². The van der Waals surface area contributed by atoms with Crippen LogP contribution in [0.15, 0.2) is 12.7 Å². The molecule has 0 bridgehead atoms. The first-order chi connectivity index (χ1) is 3.66. The summed E-state index contributed by atoms with van der Waals surface area (Å²) in [7, 11) is -3.39. The summed E-state index contributed by atoms with van der Waals surface area (Å²) in [6.45, 7) is 2.95. The van der Waals surface area contributed by atoms with Gasteiger partial charge in [0.1, 0.15) is 8.25 Å². The second-order valence-electron chi connectivity index (χ2n) is 0.955. The first-order valence-electron chi connectivity index (χ1n) is 1.81. The average Bonchev–Trinajstić information content (AvgIpc) is 1.65. The predicted octanol–water partition coefficient (Wildman–Crippen LogP) is -2.76. The Bertz CT molecular complexity index is 109. The summed E-state index contributed by atoms with van der Waals surface area (Å²) in [6, 6.07) is 0. The van der Waals surface area contributed by atoms with Gasteiger partial charge in [0.15, 0.2) is 0 Å². The molecule has 0 aromatic carbocycles. The zero-order valence-electron chi connectivity index (χ0n) is 4.96. The molecule has 0 aromatic rings. The van der Waals surface area contributed by atoms with Crippen LogP contribution in [0.3, 0.4) is 0 Å². The number of halogens is 1. The fourth-order valence-electron chi connectivity index (χ4n) is 0.140. The van der Waals surface area contributed by atoms with Gasteiger partial charge in [0.2, 0.25) is 6.36 Å². The third-order valence-electron chi connectivity index (χ3n) is 0.394. The van der Waals surface area contributed by atoms with Crippen molar-refractivity contribution in [2.75, 3.05) is 0 Å². The quantitative estimate of drug-likeness (QED) is 0.256. The van der Waals surface area contributed by atoms with Crippen molar-refractivity contribution in [3.63, 3.8) is 0 Å². The molecule has 0 saturated carbocycles. The van der Waals surface area contributed by atoms with E-state index in [-0.39, 0.29) is 29.6 Å². The molecule has 3 nitrogen and oxygen atoms in total. The predicted molar refractivity (Wildman–Crippen MR) is 25.2 cm³/mol. The van der Waals surface area contributed by atoms with E-state index < -0.39 is 14.6 Å². The van der Waals surface area contributed by atoms with Crippen LogP contribution >= 0.6 is 8.25 Å². The molecule has 0 fully saturated rings. The van der Waals surface area contributed by atoms with E-state index in [2.05, 4.69) is 11.1 Å². The van der Waals surface area contributed by atoms with Gasteiger partial charge < -0.3 is 14.0 Å². The van der Waals surface area contributed by atoms with Gasteiger partial charge >= 0.3 is 29.6 Å². The molecule has 9 heavy (non-hydrogen) atoms. The molecule has 2 unspecified atom stereocenters. The molecular weight excluding hydrogens is 157 g/mol. The number of hydrogen-bond donors (Lipinski definition) is 0. The van der Waals surface area contributed by atoms with Crippen LogP contribution in [0.5, 0.6) is 0 Å². The maximum atomic E-state index is 11.7. The summed E-state index contributed by atoms with van der Waals surface area (Å²) in [5, 5.41) is 0. The minimum atomic E-state index is -3.39. The van der Waals surface area contributed by atoms with Gasteiger partial charge in [-0.15, -0.1) is 0 Å². The zero-order chi connectivity index (χ0) is 6.57. The fourth-order valence-corrected chi connectivity index (χ4v) is 0.420. The molecule has 0 aliphatic rings. The minimum Gasteiger partial charge on any atom is -0.781 e. The van der Waals surface area contributed by atoms with Crippen molar-refractivity contribution < 1.29 is 47.9 Å². The van der Waals surface area contributed by atoms with Crippen molar-refractivity contribution >= 4 is 8.25 Å². The molecule has 0 N–H and O–H groups in total. The first kappa shape index (κ1) is 12.5. The van der Waals surface area contributed by atoms with Gasteiger partial charge in [-0.1, -0.05) is 6.58 Å². The normalized spacial score (nSPS) is 15.3. The zero-order valence-corrected chi connectivity index (χ0v) is 7.96. The maximum absolute atomic E-state index is 11.7. The first-order valence-corrected chi connectivity index (χ1v) is 3.03. The third kappa shape index (κ3) is 8.82. The van der Waals surface area contributed by atoms with E-state index in [1.165, 1.54) is 0 Å². The fraction of sp³-hybridized carbons (Fsp3) is 0.333. The Labute approximate surface area is 75.1 Å². The Balaban J connectivity index is 0. The van der Waals surface area contributed by atoms with Crippen LogP contribution in [0.1, 0.15) is 0 Å². The Hall–Kier alpha value is 0.820. The van der Waals surface area contributed by atoms with Crippen molar-refractivity contribution in [1.82, 2.24) is 0 Å². The van der Waals surface area contributed by atoms with Crippen molar-refractivity contribution in [3.8, 4) is 0 Å². The van der Waals surface area contributed by atoms with Crippen molar-refractivity contribution in [3.05, 3.63) is 12.7 Å². The monoisotopic (exact) mass is 162 g/mol. The van der Waals surface area contributed by atoms with Crippen LogP contribution in [0.2, 0.25) is 0 Å². The molecule has 0 saturated heterocycles. The molecule has 0 amide bonds. The van der Waals surface area contributed by atoms with Gasteiger partial charge in [0, 0.05) is 0 Å². The Morgan fingerprint density at radius 1 is 1.89 bits per heavy atom. The Kier molecular flexibility index (Phi) is 9.62. The maximum Gasteiger partial charge on any atom is 1.00 e. The average molecular weight is 162 g/mol. The molecule has 0 aromatic heterocycles. The molecule has 48 valence electrons. The summed E-state index contributed by atoms with van der Waals surface area (Å²) in [5.74, 6) is 0. The summed E-state index contributed by atoms with van der Waals surface area (Å²) in [5.41, 5.74) is 0. The molecule has 0 heterocycles. The number of hydrogen-bond acceptors (Lipinski definition) is 3. The van der Waals surface area contributed by atoms with Gasteiger partial charge in [0.25, 0.3) is 0 Å². The molecule has 0 rings (SSSR count). The Morgan fingerprint density at radius 2 is 2.33 bits per heavy atom. The molecular formula is C3H5FNaO3P. The molecule has 6 heteroatoms. The third-order valence-corrected chi connectivity index (χ3v) is 0.812. The number of rotatable bonds is 3. The number of alkyl halides is 1. The van der Waals surface area contributed by atoms with E-state index in [9.17, 15) is 13.8 Å². The second kappa shape index (κ2) is 6.93. The van der Waals surface area contributed by atoms with Crippen LogP contribution in [0, 0.1) is 0 Å². The molecule has 0 spiro atoms. The Morgan fingerprint density at radius 3 is 2.44 bits per heavy atom. The molecule has 0 aliphatic heterocycles. The van der Waals surface area contributed by atoms with E-state index in [1.807, 2.05) is 0 Å². The summed E-state index contributed by atoms with van der Waals surface area (Å²) >= 11 is 0. The van der Waals surface area contributed by atoms with E-state index in [1.54, 1.807) is 0 Å². The van der Waals surface area contributed by atoms with E-state index in [0.717, 1.165) is 6.08 Å². The standard InChI is InChI=1S/C3H6FO3P.Na/c1-2-3(4)7-8(5)6;/h2-3,8H,1H2,(H,5,6);/q;+1/p-1. The van der Waals surface area contributed by atoms with Gasteiger partial charge in [0.05, 0.1) is 0 Å². The smallest absolute Gasteiger partial charge is 0.781 e.